The average Bonchev–Trinajstić information content (AvgIpc) is 3.08. The fourth-order valence-electron chi connectivity index (χ4n) is 3.90. The fraction of sp³-hybridized carbons (Fsp3) is 0.273. The van der Waals surface area contributed by atoms with E-state index in [0.29, 0.717) is 5.92 Å². The van der Waals surface area contributed by atoms with Gasteiger partial charge >= 0.3 is 0 Å². The van der Waals surface area contributed by atoms with Gasteiger partial charge in [0.2, 0.25) is 0 Å². The largest absolute Gasteiger partial charge is 1.00 e. The van der Waals surface area contributed by atoms with Gasteiger partial charge in [-0.2, -0.15) is 11.6 Å². The second-order valence-electron chi connectivity index (χ2n) is 7.27. The number of allylic oxidation sites excluding steroid dienone is 4. The van der Waals surface area contributed by atoms with Gasteiger partial charge in [-0.25, -0.2) is 5.57 Å². The first-order chi connectivity index (χ1) is 10.6. The number of halogens is 2. The molecule has 0 saturated carbocycles. The zero-order chi connectivity index (χ0) is 15.3. The van der Waals surface area contributed by atoms with E-state index in [-0.39, 0.29) is 56.1 Å². The molecule has 2 aromatic carbocycles. The quantitative estimate of drug-likeness (QED) is 0.355. The fourth-order valence-corrected chi connectivity index (χ4v) is 3.90. The summed E-state index contributed by atoms with van der Waals surface area (Å²) in [5.41, 5.74) is 8.67. The van der Waals surface area contributed by atoms with Crippen molar-refractivity contribution in [2.75, 3.05) is 0 Å². The summed E-state index contributed by atoms with van der Waals surface area (Å²) in [5, 5.41) is 0. The first kappa shape index (κ1) is 22.4. The van der Waals surface area contributed by atoms with Crippen LogP contribution >= 0.6 is 0 Å². The molecule has 2 aliphatic rings. The molecule has 0 heterocycles. The molecule has 0 fully saturated rings. The van der Waals surface area contributed by atoms with Gasteiger partial charge < -0.3 is 24.8 Å². The number of benzene rings is 2. The third kappa shape index (κ3) is 3.75. The summed E-state index contributed by atoms with van der Waals surface area (Å²) >= 11 is 0. The standard InChI is InChI=1S/C22H21.2ClH.Hf/c1-22(2,3)20-14-8-13-19(20)21-17-11-6-4-9-15(17)16-10-5-7-12-18(16)21;;;/h4-7,9-12,14,21H,8H2,1-3H3;2*1H;/q-1;;;/p-2. The summed E-state index contributed by atoms with van der Waals surface area (Å²) in [7, 11) is 0. The summed E-state index contributed by atoms with van der Waals surface area (Å²) < 4.78 is 0. The maximum absolute atomic E-state index is 3.66. The topological polar surface area (TPSA) is 0 Å². The Morgan fingerprint density at radius 3 is 1.80 bits per heavy atom. The second kappa shape index (κ2) is 8.37. The molecular weight excluding hydrogens is 514 g/mol. The van der Waals surface area contributed by atoms with Crippen molar-refractivity contribution in [3.63, 3.8) is 0 Å². The summed E-state index contributed by atoms with van der Waals surface area (Å²) in [6.07, 6.45) is 6.97. The van der Waals surface area contributed by atoms with Gasteiger partial charge in [0.15, 0.2) is 0 Å². The van der Waals surface area contributed by atoms with E-state index in [1.54, 1.807) is 0 Å². The van der Waals surface area contributed by atoms with Crippen LogP contribution in [0.2, 0.25) is 0 Å². The van der Waals surface area contributed by atoms with Crippen molar-refractivity contribution in [3.05, 3.63) is 83.0 Å². The molecule has 0 saturated heterocycles. The van der Waals surface area contributed by atoms with Crippen LogP contribution in [0.1, 0.15) is 44.2 Å². The van der Waals surface area contributed by atoms with E-state index in [1.165, 1.54) is 33.4 Å². The van der Waals surface area contributed by atoms with Crippen molar-refractivity contribution in [2.24, 2.45) is 5.41 Å². The molecule has 130 valence electrons. The van der Waals surface area contributed by atoms with Crippen LogP contribution in [0.15, 0.2) is 65.8 Å². The normalized spacial score (nSPS) is 15.0. The Hall–Kier alpha value is -0.630. The Morgan fingerprint density at radius 2 is 1.32 bits per heavy atom. The van der Waals surface area contributed by atoms with E-state index in [0.717, 1.165) is 6.42 Å². The number of fused-ring (bicyclic) bond motifs is 3. The SMILES string of the molecule is CC(C)(C)C1=CC[C-]=C1C1c2ccccc2-c2ccccc21.[Cl-].[Cl-].[Hf]. The van der Waals surface area contributed by atoms with Gasteiger partial charge in [-0.05, 0) is 22.3 Å². The van der Waals surface area contributed by atoms with E-state index in [9.17, 15) is 0 Å². The minimum atomic E-state index is 0. The molecular formula is C22H21Cl2Hf-3. The maximum atomic E-state index is 3.66. The minimum absolute atomic E-state index is 0. The molecule has 0 spiro atoms. The van der Waals surface area contributed by atoms with Gasteiger partial charge in [0, 0.05) is 31.8 Å². The van der Waals surface area contributed by atoms with Crippen LogP contribution in [0.4, 0.5) is 0 Å². The average molecular weight is 535 g/mol. The summed E-state index contributed by atoms with van der Waals surface area (Å²) in [4.78, 5) is 0. The molecule has 25 heavy (non-hydrogen) atoms. The Balaban J connectivity index is 0.00000104. The van der Waals surface area contributed by atoms with Crippen LogP contribution in [0, 0.1) is 11.5 Å². The number of hydrogen-bond acceptors (Lipinski definition) is 0. The molecule has 0 aliphatic heterocycles. The van der Waals surface area contributed by atoms with Gasteiger partial charge in [-0.3, -0.25) is 6.08 Å². The Morgan fingerprint density at radius 1 is 0.840 bits per heavy atom. The summed E-state index contributed by atoms with van der Waals surface area (Å²) in [5.74, 6) is 0.348. The van der Waals surface area contributed by atoms with Crippen LogP contribution in [0.25, 0.3) is 11.1 Å². The smallest absolute Gasteiger partial charge is 0.00221 e. The molecule has 0 radical (unpaired) electrons. The zero-order valence-corrected chi connectivity index (χ0v) is 19.8. The van der Waals surface area contributed by atoms with Crippen LogP contribution in [-0.2, 0) is 25.8 Å². The van der Waals surface area contributed by atoms with E-state index in [2.05, 4.69) is 81.5 Å². The van der Waals surface area contributed by atoms with Crippen LogP contribution in [-0.4, -0.2) is 0 Å². The zero-order valence-electron chi connectivity index (χ0n) is 14.7. The van der Waals surface area contributed by atoms with Crippen LogP contribution in [0.3, 0.4) is 0 Å². The van der Waals surface area contributed by atoms with Crippen molar-refractivity contribution < 1.29 is 50.7 Å². The molecule has 2 aliphatic carbocycles. The molecule has 0 N–H and O–H groups in total. The minimum Gasteiger partial charge on any atom is -1.00 e. The second-order valence-corrected chi connectivity index (χ2v) is 7.27. The van der Waals surface area contributed by atoms with Crippen molar-refractivity contribution in [1.82, 2.24) is 0 Å². The third-order valence-corrected chi connectivity index (χ3v) is 4.82. The van der Waals surface area contributed by atoms with Crippen molar-refractivity contribution in [1.29, 1.82) is 0 Å². The van der Waals surface area contributed by atoms with Gasteiger partial charge in [0.1, 0.15) is 0 Å². The molecule has 0 aromatic heterocycles. The monoisotopic (exact) mass is 535 g/mol. The van der Waals surface area contributed by atoms with E-state index < -0.39 is 0 Å². The summed E-state index contributed by atoms with van der Waals surface area (Å²) in [6, 6.07) is 17.7. The molecule has 3 heteroatoms. The predicted molar refractivity (Wildman–Crippen MR) is 92.6 cm³/mol. The third-order valence-electron chi connectivity index (χ3n) is 4.82. The van der Waals surface area contributed by atoms with Gasteiger partial charge in [0.05, 0.1) is 0 Å². The van der Waals surface area contributed by atoms with E-state index in [4.69, 9.17) is 0 Å². The molecule has 0 atom stereocenters. The predicted octanol–water partition coefficient (Wildman–Crippen LogP) is -0.0898. The van der Waals surface area contributed by atoms with Gasteiger partial charge in [-0.15, -0.1) is 6.42 Å². The first-order valence-electron chi connectivity index (χ1n) is 8.07. The molecule has 4 rings (SSSR count). The molecule has 2 aromatic rings. The maximum Gasteiger partial charge on any atom is 0.00221 e. The number of hydrogen-bond donors (Lipinski definition) is 0. The van der Waals surface area contributed by atoms with Crippen LogP contribution < -0.4 is 24.8 Å². The van der Waals surface area contributed by atoms with Crippen molar-refractivity contribution >= 4 is 0 Å². The van der Waals surface area contributed by atoms with E-state index >= 15 is 0 Å². The molecule has 0 nitrogen and oxygen atoms in total. The van der Waals surface area contributed by atoms with Crippen molar-refractivity contribution in [3.8, 4) is 11.1 Å². The molecule has 0 amide bonds. The van der Waals surface area contributed by atoms with Crippen LogP contribution in [0.5, 0.6) is 0 Å². The Labute approximate surface area is 182 Å². The first-order valence-corrected chi connectivity index (χ1v) is 8.07. The Kier molecular flexibility index (Phi) is 7.51. The molecule has 0 bridgehead atoms. The Bertz CT molecular complexity index is 767. The molecule has 0 unspecified atom stereocenters. The number of rotatable bonds is 1. The van der Waals surface area contributed by atoms with Gasteiger partial charge in [-0.1, -0.05) is 74.7 Å². The van der Waals surface area contributed by atoms with E-state index in [1.807, 2.05) is 0 Å². The van der Waals surface area contributed by atoms with Crippen molar-refractivity contribution in [2.45, 2.75) is 33.1 Å². The van der Waals surface area contributed by atoms with Gasteiger partial charge in [0.25, 0.3) is 0 Å². The summed E-state index contributed by atoms with van der Waals surface area (Å²) in [6.45, 7) is 6.91.